The molecule has 0 atom stereocenters. The van der Waals surface area contributed by atoms with E-state index in [9.17, 15) is 4.79 Å². The maximum absolute atomic E-state index is 12.2. The van der Waals surface area contributed by atoms with Gasteiger partial charge in [-0.1, -0.05) is 0 Å². The van der Waals surface area contributed by atoms with Crippen LogP contribution in [0.4, 0.5) is 5.82 Å². The zero-order valence-electron chi connectivity index (χ0n) is 15.3. The topological polar surface area (TPSA) is 107 Å². The molecule has 1 saturated heterocycles. The minimum absolute atomic E-state index is 0.0344. The molecule has 0 spiro atoms. The molecule has 4 heterocycles. The normalized spacial score (nSPS) is 14.2. The minimum Gasteiger partial charge on any atom is -0.355 e. The summed E-state index contributed by atoms with van der Waals surface area (Å²) in [5.74, 6) is 1.55. The summed E-state index contributed by atoms with van der Waals surface area (Å²) in [4.78, 5) is 26.8. The molecular formula is C17H21N9O. The Kier molecular flexibility index (Phi) is 4.53. The zero-order chi connectivity index (χ0) is 18.8. The standard InChI is InChI=1S/C17H21N9O/c1-12-5-13(2)26(23-12)16-6-15(20-10-21-16)24-7-14(8-24)17(27)19-3-4-25-11-18-9-22-25/h5-6,9-11,14H,3-4,7-8H2,1-2H3,(H,19,27). The second-order valence-corrected chi connectivity index (χ2v) is 6.62. The summed E-state index contributed by atoms with van der Waals surface area (Å²) in [6.07, 6.45) is 4.65. The van der Waals surface area contributed by atoms with Crippen molar-refractivity contribution < 1.29 is 4.79 Å². The predicted octanol–water partition coefficient (Wildman–Crippen LogP) is 0.123. The Morgan fingerprint density at radius 1 is 1.19 bits per heavy atom. The Balaban J connectivity index is 1.32. The van der Waals surface area contributed by atoms with Crippen LogP contribution in [0.1, 0.15) is 11.4 Å². The van der Waals surface area contributed by atoms with E-state index in [-0.39, 0.29) is 11.8 Å². The van der Waals surface area contributed by atoms with Crippen molar-refractivity contribution in [3.63, 3.8) is 0 Å². The molecule has 0 aliphatic carbocycles. The number of rotatable bonds is 6. The molecule has 1 aliphatic heterocycles. The summed E-state index contributed by atoms with van der Waals surface area (Å²) in [5, 5.41) is 11.4. The van der Waals surface area contributed by atoms with Crippen LogP contribution >= 0.6 is 0 Å². The van der Waals surface area contributed by atoms with E-state index in [2.05, 4.69) is 35.4 Å². The largest absolute Gasteiger partial charge is 0.355 e. The summed E-state index contributed by atoms with van der Waals surface area (Å²) in [7, 11) is 0. The number of hydrogen-bond donors (Lipinski definition) is 1. The molecule has 10 nitrogen and oxygen atoms in total. The second-order valence-electron chi connectivity index (χ2n) is 6.62. The van der Waals surface area contributed by atoms with Gasteiger partial charge in [-0.2, -0.15) is 10.2 Å². The van der Waals surface area contributed by atoms with E-state index in [1.807, 2.05) is 26.0 Å². The molecule has 0 aromatic carbocycles. The third-order valence-electron chi connectivity index (χ3n) is 4.55. The average Bonchev–Trinajstić information content (AvgIpc) is 3.23. The van der Waals surface area contributed by atoms with Gasteiger partial charge in [-0.25, -0.2) is 19.6 Å². The van der Waals surface area contributed by atoms with Crippen molar-refractivity contribution in [3.8, 4) is 5.82 Å². The fraction of sp³-hybridized carbons (Fsp3) is 0.412. The number of hydrogen-bond acceptors (Lipinski definition) is 7. The van der Waals surface area contributed by atoms with Gasteiger partial charge >= 0.3 is 0 Å². The van der Waals surface area contributed by atoms with Crippen LogP contribution < -0.4 is 10.2 Å². The van der Waals surface area contributed by atoms with Gasteiger partial charge in [-0.3, -0.25) is 9.48 Å². The highest BCUT2D eigenvalue weighted by molar-refractivity contribution is 5.81. The van der Waals surface area contributed by atoms with E-state index in [4.69, 9.17) is 0 Å². The lowest BCUT2D eigenvalue weighted by molar-refractivity contribution is -0.125. The van der Waals surface area contributed by atoms with Crippen molar-refractivity contribution in [1.29, 1.82) is 0 Å². The lowest BCUT2D eigenvalue weighted by atomic mass is 9.99. The summed E-state index contributed by atoms with van der Waals surface area (Å²) in [5.41, 5.74) is 1.96. The first-order chi connectivity index (χ1) is 13.1. The van der Waals surface area contributed by atoms with Gasteiger partial charge in [0.15, 0.2) is 5.82 Å². The molecule has 3 aromatic heterocycles. The van der Waals surface area contributed by atoms with E-state index in [0.717, 1.165) is 23.0 Å². The molecule has 1 fully saturated rings. The Morgan fingerprint density at radius 2 is 2.00 bits per heavy atom. The number of nitrogens with one attached hydrogen (secondary N) is 1. The first-order valence-corrected chi connectivity index (χ1v) is 8.81. The van der Waals surface area contributed by atoms with Gasteiger partial charge in [0.2, 0.25) is 5.91 Å². The van der Waals surface area contributed by atoms with Crippen LogP contribution in [0.5, 0.6) is 0 Å². The smallest absolute Gasteiger partial charge is 0.226 e. The summed E-state index contributed by atoms with van der Waals surface area (Å²) < 4.78 is 3.49. The maximum Gasteiger partial charge on any atom is 0.226 e. The number of carbonyl (C=O) groups is 1. The fourth-order valence-corrected chi connectivity index (χ4v) is 3.10. The van der Waals surface area contributed by atoms with Gasteiger partial charge in [0.1, 0.15) is 24.8 Å². The fourth-order valence-electron chi connectivity index (χ4n) is 3.10. The number of nitrogens with zero attached hydrogens (tertiary/aromatic N) is 8. The first-order valence-electron chi connectivity index (χ1n) is 8.81. The Hall–Kier alpha value is -3.30. The van der Waals surface area contributed by atoms with Gasteiger partial charge in [0, 0.05) is 31.4 Å². The quantitative estimate of drug-likeness (QED) is 0.659. The van der Waals surface area contributed by atoms with Crippen molar-refractivity contribution in [1.82, 2.24) is 39.8 Å². The van der Waals surface area contributed by atoms with Crippen molar-refractivity contribution >= 4 is 11.7 Å². The summed E-state index contributed by atoms with van der Waals surface area (Å²) in [6.45, 7) is 6.37. The second kappa shape index (κ2) is 7.14. The molecule has 3 aromatic rings. The van der Waals surface area contributed by atoms with Crippen LogP contribution in [0, 0.1) is 19.8 Å². The van der Waals surface area contributed by atoms with Gasteiger partial charge < -0.3 is 10.2 Å². The Labute approximate surface area is 156 Å². The molecule has 4 rings (SSSR count). The summed E-state index contributed by atoms with van der Waals surface area (Å²) >= 11 is 0. The van der Waals surface area contributed by atoms with Crippen molar-refractivity contribution in [2.75, 3.05) is 24.5 Å². The molecule has 0 saturated carbocycles. The van der Waals surface area contributed by atoms with Crippen molar-refractivity contribution in [3.05, 3.63) is 42.5 Å². The van der Waals surface area contributed by atoms with E-state index < -0.39 is 0 Å². The van der Waals surface area contributed by atoms with Crippen LogP contribution in [0.15, 0.2) is 31.1 Å². The zero-order valence-corrected chi connectivity index (χ0v) is 15.3. The van der Waals surface area contributed by atoms with E-state index in [1.165, 1.54) is 12.7 Å². The molecule has 1 aliphatic rings. The van der Waals surface area contributed by atoms with E-state index >= 15 is 0 Å². The summed E-state index contributed by atoms with van der Waals surface area (Å²) in [6, 6.07) is 3.91. The molecule has 27 heavy (non-hydrogen) atoms. The molecule has 10 heteroatoms. The average molecular weight is 367 g/mol. The van der Waals surface area contributed by atoms with Crippen LogP contribution in [0.2, 0.25) is 0 Å². The predicted molar refractivity (Wildman–Crippen MR) is 97.4 cm³/mol. The number of amides is 1. The minimum atomic E-state index is -0.0344. The SMILES string of the molecule is Cc1cc(C)n(-c2cc(N3CC(C(=O)NCCn4cncn4)C3)ncn2)n1. The van der Waals surface area contributed by atoms with Crippen LogP contribution in [0.3, 0.4) is 0 Å². The molecule has 1 N–H and O–H groups in total. The Bertz CT molecular complexity index is 928. The third kappa shape index (κ3) is 3.64. The van der Waals surface area contributed by atoms with E-state index in [0.29, 0.717) is 26.2 Å². The number of aromatic nitrogens is 7. The lowest BCUT2D eigenvalue weighted by Crippen LogP contribution is -2.54. The van der Waals surface area contributed by atoms with E-state index in [1.54, 1.807) is 15.7 Å². The first kappa shape index (κ1) is 17.1. The Morgan fingerprint density at radius 3 is 2.70 bits per heavy atom. The highest BCUT2D eigenvalue weighted by Crippen LogP contribution is 2.24. The van der Waals surface area contributed by atoms with Gasteiger partial charge in [0.05, 0.1) is 18.2 Å². The third-order valence-corrected chi connectivity index (χ3v) is 4.55. The number of carbonyl (C=O) groups excluding carboxylic acids is 1. The molecular weight excluding hydrogens is 346 g/mol. The highest BCUT2D eigenvalue weighted by atomic mass is 16.2. The van der Waals surface area contributed by atoms with Crippen molar-refractivity contribution in [2.45, 2.75) is 20.4 Å². The molecule has 0 bridgehead atoms. The highest BCUT2D eigenvalue weighted by Gasteiger charge is 2.33. The molecule has 140 valence electrons. The van der Waals surface area contributed by atoms with Crippen LogP contribution in [0.25, 0.3) is 5.82 Å². The van der Waals surface area contributed by atoms with Crippen LogP contribution in [-0.4, -0.2) is 60.1 Å². The van der Waals surface area contributed by atoms with Gasteiger partial charge in [-0.05, 0) is 19.9 Å². The molecule has 1 amide bonds. The van der Waals surface area contributed by atoms with Crippen molar-refractivity contribution in [2.24, 2.45) is 5.92 Å². The van der Waals surface area contributed by atoms with Gasteiger partial charge in [-0.15, -0.1) is 0 Å². The molecule has 0 unspecified atom stereocenters. The monoisotopic (exact) mass is 367 g/mol. The lowest BCUT2D eigenvalue weighted by Gasteiger charge is -2.39. The van der Waals surface area contributed by atoms with Gasteiger partial charge in [0.25, 0.3) is 0 Å². The number of aryl methyl sites for hydroxylation is 2. The number of anilines is 1. The van der Waals surface area contributed by atoms with Crippen LogP contribution in [-0.2, 0) is 11.3 Å². The molecule has 0 radical (unpaired) electrons. The maximum atomic E-state index is 12.2.